The Morgan fingerprint density at radius 2 is 1.94 bits per heavy atom. The third kappa shape index (κ3) is 2.52. The van der Waals surface area contributed by atoms with Crippen molar-refractivity contribution in [1.82, 2.24) is 4.98 Å². The van der Waals surface area contributed by atoms with Crippen LogP contribution in [0.15, 0.2) is 30.5 Å². The van der Waals surface area contributed by atoms with Crippen molar-refractivity contribution in [2.24, 2.45) is 0 Å². The number of nitrogens with zero attached hydrogens (tertiary/aromatic N) is 1. The second-order valence-corrected chi connectivity index (χ2v) is 4.37. The van der Waals surface area contributed by atoms with E-state index in [9.17, 15) is 18.0 Å². The first-order valence-corrected chi connectivity index (χ1v) is 5.41. The molecule has 2 nitrogen and oxygen atoms in total. The van der Waals surface area contributed by atoms with E-state index < -0.39 is 11.9 Å². The Balaban J connectivity index is 2.32. The minimum absolute atomic E-state index is 0.528. The standard InChI is InChI=1S/C11H6F3NOS/c12-11(13,14)10-4-1-7(5-15-10)9-3-2-8(6-16)17-9/h1-6H. The van der Waals surface area contributed by atoms with Crippen LogP contribution in [0.4, 0.5) is 13.2 Å². The van der Waals surface area contributed by atoms with E-state index >= 15 is 0 Å². The first-order chi connectivity index (χ1) is 8.00. The number of halogens is 3. The number of pyridine rings is 1. The van der Waals surface area contributed by atoms with E-state index in [1.54, 1.807) is 12.1 Å². The maximum absolute atomic E-state index is 12.3. The van der Waals surface area contributed by atoms with Gasteiger partial charge in [-0.05, 0) is 24.3 Å². The van der Waals surface area contributed by atoms with Gasteiger partial charge in [0.15, 0.2) is 6.29 Å². The molecule has 2 rings (SSSR count). The second-order valence-electron chi connectivity index (χ2n) is 3.25. The predicted octanol–water partition coefficient (Wildman–Crippen LogP) is 3.64. The van der Waals surface area contributed by atoms with E-state index in [0.29, 0.717) is 21.6 Å². The van der Waals surface area contributed by atoms with Crippen LogP contribution >= 0.6 is 11.3 Å². The third-order valence-corrected chi connectivity index (χ3v) is 3.14. The van der Waals surface area contributed by atoms with Crippen molar-refractivity contribution >= 4 is 17.6 Å². The number of carbonyl (C=O) groups excluding carboxylic acids is 1. The van der Waals surface area contributed by atoms with Crippen molar-refractivity contribution in [2.75, 3.05) is 0 Å². The summed E-state index contributed by atoms with van der Waals surface area (Å²) in [5.74, 6) is 0. The Morgan fingerprint density at radius 1 is 1.18 bits per heavy atom. The highest BCUT2D eigenvalue weighted by atomic mass is 32.1. The van der Waals surface area contributed by atoms with Crippen LogP contribution in [0.2, 0.25) is 0 Å². The fourth-order valence-corrected chi connectivity index (χ4v) is 2.09. The van der Waals surface area contributed by atoms with Crippen LogP contribution < -0.4 is 0 Å². The molecule has 0 saturated heterocycles. The molecule has 0 bridgehead atoms. The van der Waals surface area contributed by atoms with Crippen LogP contribution in [0.3, 0.4) is 0 Å². The Hall–Kier alpha value is -1.69. The Kier molecular flexibility index (Phi) is 2.97. The molecule has 0 aliphatic heterocycles. The summed E-state index contributed by atoms with van der Waals surface area (Å²) < 4.78 is 36.8. The molecule has 2 aromatic heterocycles. The topological polar surface area (TPSA) is 30.0 Å². The van der Waals surface area contributed by atoms with Gasteiger partial charge >= 0.3 is 6.18 Å². The lowest BCUT2D eigenvalue weighted by molar-refractivity contribution is -0.141. The summed E-state index contributed by atoms with van der Waals surface area (Å²) in [5.41, 5.74) is -0.357. The van der Waals surface area contributed by atoms with E-state index in [0.717, 1.165) is 12.3 Å². The van der Waals surface area contributed by atoms with Gasteiger partial charge < -0.3 is 0 Å². The SMILES string of the molecule is O=Cc1ccc(-c2ccc(C(F)(F)F)nc2)s1. The Morgan fingerprint density at radius 3 is 2.41 bits per heavy atom. The number of thiophene rings is 1. The lowest BCUT2D eigenvalue weighted by Gasteiger charge is -2.05. The number of alkyl halides is 3. The van der Waals surface area contributed by atoms with Crippen molar-refractivity contribution in [3.8, 4) is 10.4 Å². The van der Waals surface area contributed by atoms with Gasteiger partial charge in [-0.3, -0.25) is 9.78 Å². The normalized spacial score (nSPS) is 11.5. The van der Waals surface area contributed by atoms with Gasteiger partial charge in [0, 0.05) is 16.6 Å². The van der Waals surface area contributed by atoms with Gasteiger partial charge in [0.2, 0.25) is 0 Å². The summed E-state index contributed by atoms with van der Waals surface area (Å²) in [6.07, 6.45) is -2.57. The highest BCUT2D eigenvalue weighted by Crippen LogP contribution is 2.31. The van der Waals surface area contributed by atoms with E-state index in [4.69, 9.17) is 0 Å². The lowest BCUT2D eigenvalue weighted by atomic mass is 10.2. The Bertz CT molecular complexity index is 530. The monoisotopic (exact) mass is 257 g/mol. The zero-order valence-electron chi connectivity index (χ0n) is 8.36. The molecule has 0 fully saturated rings. The van der Waals surface area contributed by atoms with Crippen molar-refractivity contribution in [3.63, 3.8) is 0 Å². The van der Waals surface area contributed by atoms with Crippen LogP contribution in [-0.2, 0) is 6.18 Å². The molecule has 0 amide bonds. The summed E-state index contributed by atoms with van der Waals surface area (Å²) in [7, 11) is 0. The maximum Gasteiger partial charge on any atom is 0.433 e. The molecule has 0 unspecified atom stereocenters. The molecule has 0 aromatic carbocycles. The minimum atomic E-state index is -4.43. The van der Waals surface area contributed by atoms with Crippen molar-refractivity contribution in [3.05, 3.63) is 41.0 Å². The van der Waals surface area contributed by atoms with E-state index in [-0.39, 0.29) is 0 Å². The molecule has 0 radical (unpaired) electrons. The largest absolute Gasteiger partial charge is 0.433 e. The maximum atomic E-state index is 12.3. The van der Waals surface area contributed by atoms with Crippen LogP contribution in [0.5, 0.6) is 0 Å². The molecule has 17 heavy (non-hydrogen) atoms. The zero-order valence-corrected chi connectivity index (χ0v) is 9.18. The van der Waals surface area contributed by atoms with Crippen molar-refractivity contribution in [2.45, 2.75) is 6.18 Å². The molecular formula is C11H6F3NOS. The summed E-state index contributed by atoms with van der Waals surface area (Å²) in [6.45, 7) is 0. The highest BCUT2D eigenvalue weighted by Gasteiger charge is 2.32. The van der Waals surface area contributed by atoms with E-state index in [1.165, 1.54) is 17.4 Å². The van der Waals surface area contributed by atoms with Crippen LogP contribution in [0.25, 0.3) is 10.4 Å². The smallest absolute Gasteiger partial charge is 0.297 e. The van der Waals surface area contributed by atoms with Crippen LogP contribution in [-0.4, -0.2) is 11.3 Å². The van der Waals surface area contributed by atoms with Gasteiger partial charge in [0.25, 0.3) is 0 Å². The molecule has 2 aromatic rings. The van der Waals surface area contributed by atoms with Crippen LogP contribution in [0, 0.1) is 0 Å². The fourth-order valence-electron chi connectivity index (χ4n) is 1.28. The first-order valence-electron chi connectivity index (χ1n) is 4.59. The lowest BCUT2D eigenvalue weighted by Crippen LogP contribution is -2.07. The average molecular weight is 257 g/mol. The van der Waals surface area contributed by atoms with Gasteiger partial charge in [-0.25, -0.2) is 0 Å². The van der Waals surface area contributed by atoms with Crippen molar-refractivity contribution < 1.29 is 18.0 Å². The molecule has 2 heterocycles. The van der Waals surface area contributed by atoms with Gasteiger partial charge in [0.1, 0.15) is 5.69 Å². The first kappa shape index (κ1) is 11.8. The third-order valence-electron chi connectivity index (χ3n) is 2.08. The summed E-state index contributed by atoms with van der Waals surface area (Å²) in [4.78, 5) is 15.1. The molecule has 0 atom stereocenters. The van der Waals surface area contributed by atoms with Gasteiger partial charge in [-0.2, -0.15) is 13.2 Å². The summed E-state index contributed by atoms with van der Waals surface area (Å²) in [6, 6.07) is 5.56. The molecule has 0 saturated carbocycles. The molecular weight excluding hydrogens is 251 g/mol. The highest BCUT2D eigenvalue weighted by molar-refractivity contribution is 7.17. The molecule has 88 valence electrons. The number of carbonyl (C=O) groups is 1. The zero-order chi connectivity index (χ0) is 12.5. The van der Waals surface area contributed by atoms with Crippen LogP contribution in [0.1, 0.15) is 15.4 Å². The second kappa shape index (κ2) is 4.29. The number of aromatic nitrogens is 1. The van der Waals surface area contributed by atoms with Gasteiger partial charge in [-0.1, -0.05) is 0 Å². The van der Waals surface area contributed by atoms with Gasteiger partial charge in [-0.15, -0.1) is 11.3 Å². The summed E-state index contributed by atoms with van der Waals surface area (Å²) >= 11 is 1.21. The van der Waals surface area contributed by atoms with E-state index in [2.05, 4.69) is 4.98 Å². The molecule has 0 aliphatic rings. The molecule has 6 heteroatoms. The average Bonchev–Trinajstić information content (AvgIpc) is 2.76. The quantitative estimate of drug-likeness (QED) is 0.769. The Labute approximate surface area is 98.7 Å². The van der Waals surface area contributed by atoms with Gasteiger partial charge in [0.05, 0.1) is 4.88 Å². The number of hydrogen-bond donors (Lipinski definition) is 0. The predicted molar refractivity (Wildman–Crippen MR) is 57.9 cm³/mol. The minimum Gasteiger partial charge on any atom is -0.297 e. The van der Waals surface area contributed by atoms with E-state index in [1.807, 2.05) is 0 Å². The molecule has 0 N–H and O–H groups in total. The summed E-state index contributed by atoms with van der Waals surface area (Å²) in [5, 5.41) is 0. The molecule has 0 spiro atoms. The fraction of sp³-hybridized carbons (Fsp3) is 0.0909. The number of aldehydes is 1. The molecule has 0 aliphatic carbocycles. The number of hydrogen-bond acceptors (Lipinski definition) is 3. The van der Waals surface area contributed by atoms with Crippen molar-refractivity contribution in [1.29, 1.82) is 0 Å². The number of rotatable bonds is 2.